The smallest absolute Gasteiger partial charge is 0.311 e. The minimum absolute atomic E-state index is 0.193. The van der Waals surface area contributed by atoms with E-state index in [1.807, 2.05) is 24.3 Å². The molecule has 1 aliphatic heterocycles. The zero-order valence-electron chi connectivity index (χ0n) is 13.6. The van der Waals surface area contributed by atoms with Crippen LogP contribution in [0.4, 0.5) is 0 Å². The molecule has 1 aromatic carbocycles. The van der Waals surface area contributed by atoms with E-state index in [0.29, 0.717) is 18.7 Å². The van der Waals surface area contributed by atoms with Crippen molar-refractivity contribution in [2.45, 2.75) is 13.3 Å². The lowest BCUT2D eigenvalue weighted by Gasteiger charge is -2.19. The van der Waals surface area contributed by atoms with Crippen molar-refractivity contribution < 1.29 is 19.1 Å². The highest BCUT2D eigenvalue weighted by atomic mass is 32.1. The summed E-state index contributed by atoms with van der Waals surface area (Å²) < 4.78 is 6.77. The van der Waals surface area contributed by atoms with E-state index >= 15 is 0 Å². The molecule has 2 aromatic heterocycles. The number of carboxylic acids is 1. The van der Waals surface area contributed by atoms with Gasteiger partial charge < -0.3 is 14.4 Å². The molecule has 1 saturated heterocycles. The van der Waals surface area contributed by atoms with Crippen LogP contribution in [0.3, 0.4) is 0 Å². The van der Waals surface area contributed by atoms with Gasteiger partial charge in [-0.05, 0) is 37.6 Å². The molecule has 3 heterocycles. The van der Waals surface area contributed by atoms with E-state index in [0.717, 1.165) is 15.2 Å². The van der Waals surface area contributed by atoms with E-state index in [4.69, 9.17) is 4.42 Å². The number of fused-ring (bicyclic) bond motifs is 1. The van der Waals surface area contributed by atoms with Gasteiger partial charge in [0, 0.05) is 13.1 Å². The first-order chi connectivity index (χ1) is 12.0. The minimum atomic E-state index is -0.891. The van der Waals surface area contributed by atoms with Crippen molar-refractivity contribution in [3.63, 3.8) is 0 Å². The van der Waals surface area contributed by atoms with Gasteiger partial charge in [0.1, 0.15) is 0 Å². The number of thiazole rings is 1. The number of para-hydroxylation sites is 1. The first-order valence-electron chi connectivity index (χ1n) is 7.95. The molecule has 1 unspecified atom stereocenters. The number of carboxylic acid groups (broad SMARTS) is 1. The number of aromatic nitrogens is 1. The number of nitrogens with zero attached hydrogens (tertiary/aromatic N) is 2. The van der Waals surface area contributed by atoms with Crippen LogP contribution < -0.4 is 0 Å². The largest absolute Gasteiger partial charge is 0.481 e. The average molecular weight is 356 g/mol. The van der Waals surface area contributed by atoms with Crippen molar-refractivity contribution in [1.29, 1.82) is 0 Å². The van der Waals surface area contributed by atoms with Gasteiger partial charge in [0.25, 0.3) is 5.91 Å². The topological polar surface area (TPSA) is 83.6 Å². The second kappa shape index (κ2) is 5.70. The molecule has 6 nitrogen and oxygen atoms in total. The van der Waals surface area contributed by atoms with Crippen molar-refractivity contribution in [3.05, 3.63) is 42.2 Å². The molecule has 25 heavy (non-hydrogen) atoms. The monoisotopic (exact) mass is 356 g/mol. The van der Waals surface area contributed by atoms with Crippen LogP contribution in [0.15, 0.2) is 40.8 Å². The Morgan fingerprint density at radius 3 is 2.80 bits per heavy atom. The van der Waals surface area contributed by atoms with Crippen LogP contribution in [-0.4, -0.2) is 40.0 Å². The van der Waals surface area contributed by atoms with Gasteiger partial charge in [0.2, 0.25) is 0 Å². The summed E-state index contributed by atoms with van der Waals surface area (Å²) in [4.78, 5) is 30.0. The summed E-state index contributed by atoms with van der Waals surface area (Å²) in [5, 5.41) is 10.0. The molecule has 4 rings (SSSR count). The predicted octanol–water partition coefficient (Wildman–Crippen LogP) is 3.49. The molecule has 1 amide bonds. The number of hydrogen-bond donors (Lipinski definition) is 1. The van der Waals surface area contributed by atoms with Crippen LogP contribution in [0.2, 0.25) is 0 Å². The first kappa shape index (κ1) is 15.8. The van der Waals surface area contributed by atoms with Crippen molar-refractivity contribution in [2.75, 3.05) is 13.1 Å². The molecule has 0 saturated carbocycles. The fourth-order valence-electron chi connectivity index (χ4n) is 3.01. The van der Waals surface area contributed by atoms with Crippen molar-refractivity contribution in [3.8, 4) is 10.8 Å². The zero-order chi connectivity index (χ0) is 17.6. The maximum atomic E-state index is 12.6. The summed E-state index contributed by atoms with van der Waals surface area (Å²) in [6.07, 6.45) is 0.444. The number of hydrogen-bond acceptors (Lipinski definition) is 5. The lowest BCUT2D eigenvalue weighted by Crippen LogP contribution is -2.34. The third-order valence-electron chi connectivity index (χ3n) is 4.60. The number of rotatable bonds is 3. The van der Waals surface area contributed by atoms with Gasteiger partial charge in [-0.1, -0.05) is 12.1 Å². The van der Waals surface area contributed by atoms with E-state index in [-0.39, 0.29) is 18.2 Å². The van der Waals surface area contributed by atoms with E-state index in [1.165, 1.54) is 16.2 Å². The highest BCUT2D eigenvalue weighted by Gasteiger charge is 2.42. The molecule has 1 aliphatic rings. The number of carbonyl (C=O) groups is 2. The van der Waals surface area contributed by atoms with Gasteiger partial charge in [0.05, 0.1) is 15.6 Å². The quantitative estimate of drug-likeness (QED) is 0.776. The zero-order valence-corrected chi connectivity index (χ0v) is 14.4. The van der Waals surface area contributed by atoms with Gasteiger partial charge in [-0.15, -0.1) is 11.3 Å². The highest BCUT2D eigenvalue weighted by Crippen LogP contribution is 2.33. The number of amides is 1. The second-order valence-electron chi connectivity index (χ2n) is 6.49. The Balaban J connectivity index is 1.57. The molecule has 0 radical (unpaired) electrons. The Hall–Kier alpha value is -2.67. The second-order valence-corrected chi connectivity index (χ2v) is 7.52. The molecular weight excluding hydrogens is 340 g/mol. The van der Waals surface area contributed by atoms with E-state index in [1.54, 1.807) is 19.1 Å². The number of aliphatic carboxylic acids is 1. The molecular formula is C18H16N2O4S. The maximum Gasteiger partial charge on any atom is 0.311 e. The first-order valence-corrected chi connectivity index (χ1v) is 8.76. The van der Waals surface area contributed by atoms with Crippen LogP contribution in [-0.2, 0) is 4.79 Å². The third-order valence-corrected chi connectivity index (χ3v) is 5.65. The summed E-state index contributed by atoms with van der Waals surface area (Å²) in [6.45, 7) is 2.27. The summed E-state index contributed by atoms with van der Waals surface area (Å²) in [5.41, 5.74) is 0.00141. The minimum Gasteiger partial charge on any atom is -0.481 e. The van der Waals surface area contributed by atoms with Gasteiger partial charge in [-0.25, -0.2) is 4.98 Å². The van der Waals surface area contributed by atoms with Crippen LogP contribution >= 0.6 is 11.3 Å². The van der Waals surface area contributed by atoms with Crippen LogP contribution in [0, 0.1) is 5.41 Å². The van der Waals surface area contributed by atoms with Crippen LogP contribution in [0.5, 0.6) is 0 Å². The third kappa shape index (κ3) is 2.70. The summed E-state index contributed by atoms with van der Waals surface area (Å²) in [6, 6.07) is 11.2. The van der Waals surface area contributed by atoms with E-state index < -0.39 is 11.4 Å². The lowest BCUT2D eigenvalue weighted by molar-refractivity contribution is -0.147. The highest BCUT2D eigenvalue weighted by molar-refractivity contribution is 7.21. The lowest BCUT2D eigenvalue weighted by atomic mass is 9.90. The fourth-order valence-corrected chi connectivity index (χ4v) is 3.94. The average Bonchev–Trinajstić information content (AvgIpc) is 3.31. The van der Waals surface area contributed by atoms with Crippen molar-refractivity contribution in [1.82, 2.24) is 9.88 Å². The molecule has 0 bridgehead atoms. The molecule has 3 aromatic rings. The van der Waals surface area contributed by atoms with Crippen LogP contribution in [0.25, 0.3) is 21.0 Å². The molecule has 1 atom stereocenters. The maximum absolute atomic E-state index is 12.6. The molecule has 1 fully saturated rings. The molecule has 0 aliphatic carbocycles. The summed E-state index contributed by atoms with van der Waals surface area (Å²) in [7, 11) is 0. The molecule has 1 N–H and O–H groups in total. The molecule has 0 spiro atoms. The van der Waals surface area contributed by atoms with Crippen LogP contribution in [0.1, 0.15) is 23.9 Å². The molecule has 128 valence electrons. The Morgan fingerprint density at radius 1 is 1.28 bits per heavy atom. The predicted molar refractivity (Wildman–Crippen MR) is 93.6 cm³/mol. The van der Waals surface area contributed by atoms with Gasteiger partial charge in [-0.2, -0.15) is 0 Å². The SMILES string of the molecule is CC1(C(=O)O)CCN(C(=O)c2ccc(-c3nc4ccccc4s3)o2)C1. The standard InChI is InChI=1S/C18H16N2O4S/c1-18(17(22)23)8-9-20(10-18)16(21)13-7-6-12(24-13)15-19-11-4-2-3-5-14(11)25-15/h2-7H,8-10H2,1H3,(H,22,23). The number of benzene rings is 1. The van der Waals surface area contributed by atoms with Crippen molar-refractivity contribution in [2.24, 2.45) is 5.41 Å². The Labute approximate surface area is 147 Å². The molecule has 7 heteroatoms. The normalized spacial score (nSPS) is 20.3. The van der Waals surface area contributed by atoms with E-state index in [2.05, 4.69) is 4.98 Å². The Morgan fingerprint density at radius 2 is 2.08 bits per heavy atom. The number of furan rings is 1. The Bertz CT molecular complexity index is 943. The van der Waals surface area contributed by atoms with Gasteiger partial charge in [0.15, 0.2) is 16.5 Å². The van der Waals surface area contributed by atoms with Gasteiger partial charge in [-0.3, -0.25) is 9.59 Å². The fraction of sp³-hybridized carbons (Fsp3) is 0.278. The van der Waals surface area contributed by atoms with Crippen molar-refractivity contribution >= 4 is 33.4 Å². The van der Waals surface area contributed by atoms with E-state index in [9.17, 15) is 14.7 Å². The number of likely N-dealkylation sites (tertiary alicyclic amines) is 1. The number of carbonyl (C=O) groups excluding carboxylic acids is 1. The Kier molecular flexibility index (Phi) is 3.61. The van der Waals surface area contributed by atoms with Gasteiger partial charge >= 0.3 is 5.97 Å². The summed E-state index contributed by atoms with van der Waals surface area (Å²) in [5.74, 6) is -0.400. The summed E-state index contributed by atoms with van der Waals surface area (Å²) >= 11 is 1.50.